The van der Waals surface area contributed by atoms with E-state index in [1.807, 2.05) is 32.0 Å². The highest BCUT2D eigenvalue weighted by atomic mass is 16.5. The summed E-state index contributed by atoms with van der Waals surface area (Å²) >= 11 is 0. The van der Waals surface area contributed by atoms with Crippen molar-refractivity contribution in [3.05, 3.63) is 64.1 Å². The van der Waals surface area contributed by atoms with Gasteiger partial charge in [-0.3, -0.25) is 14.3 Å². The van der Waals surface area contributed by atoms with E-state index in [0.717, 1.165) is 17.1 Å². The van der Waals surface area contributed by atoms with Crippen molar-refractivity contribution in [2.24, 2.45) is 12.8 Å². The van der Waals surface area contributed by atoms with Crippen molar-refractivity contribution in [2.75, 3.05) is 11.9 Å². The van der Waals surface area contributed by atoms with E-state index in [0.29, 0.717) is 46.8 Å². The van der Waals surface area contributed by atoms with Crippen molar-refractivity contribution < 1.29 is 9.53 Å². The van der Waals surface area contributed by atoms with Crippen molar-refractivity contribution in [3.63, 3.8) is 0 Å². The van der Waals surface area contributed by atoms with Gasteiger partial charge in [0, 0.05) is 24.0 Å². The fourth-order valence-electron chi connectivity index (χ4n) is 3.57. The van der Waals surface area contributed by atoms with Gasteiger partial charge in [-0.15, -0.1) is 0 Å². The van der Waals surface area contributed by atoms with E-state index in [2.05, 4.69) is 15.4 Å². The van der Waals surface area contributed by atoms with E-state index in [1.165, 1.54) is 0 Å². The molecule has 0 aliphatic carbocycles. The smallest absolute Gasteiger partial charge is 0.277 e. The Morgan fingerprint density at radius 3 is 2.53 bits per heavy atom. The first kappa shape index (κ1) is 21.1. The second kappa shape index (κ2) is 8.54. The zero-order valence-electron chi connectivity index (χ0n) is 18.1. The molecule has 4 N–H and O–H groups in total. The number of carbonyl (C=O) groups is 1. The van der Waals surface area contributed by atoms with Crippen LogP contribution in [0.2, 0.25) is 0 Å². The number of nitrogens with one attached hydrogen (secondary N) is 2. The Bertz CT molecular complexity index is 1350. The van der Waals surface area contributed by atoms with Crippen LogP contribution < -0.4 is 21.3 Å². The fraction of sp³-hybridized carbons (Fsp3) is 0.217. The lowest BCUT2D eigenvalue weighted by Crippen LogP contribution is -2.13. The largest absolute Gasteiger partial charge is 0.493 e. The van der Waals surface area contributed by atoms with Crippen molar-refractivity contribution in [1.82, 2.24) is 19.7 Å². The van der Waals surface area contributed by atoms with E-state index in [1.54, 1.807) is 36.0 Å². The predicted octanol–water partition coefficient (Wildman–Crippen LogP) is 3.13. The first-order valence-corrected chi connectivity index (χ1v) is 10.3. The number of aromatic amines is 1. The topological polar surface area (TPSA) is 128 Å². The van der Waals surface area contributed by atoms with Crippen LogP contribution in [0.1, 0.15) is 29.9 Å². The van der Waals surface area contributed by atoms with Gasteiger partial charge in [-0.2, -0.15) is 5.10 Å². The van der Waals surface area contributed by atoms with E-state index in [4.69, 9.17) is 15.5 Å². The Hall–Kier alpha value is -4.14. The van der Waals surface area contributed by atoms with Crippen LogP contribution in [0.25, 0.3) is 22.4 Å². The highest BCUT2D eigenvalue weighted by Gasteiger charge is 2.17. The van der Waals surface area contributed by atoms with Gasteiger partial charge >= 0.3 is 0 Å². The Labute approximate surface area is 184 Å². The molecule has 4 aromatic rings. The van der Waals surface area contributed by atoms with Crippen molar-refractivity contribution >= 4 is 28.3 Å². The first-order chi connectivity index (χ1) is 15.4. The second-order valence-corrected chi connectivity index (χ2v) is 7.25. The summed E-state index contributed by atoms with van der Waals surface area (Å²) in [6.07, 6.45) is 0.661. The lowest BCUT2D eigenvalue weighted by Gasteiger charge is -2.13. The van der Waals surface area contributed by atoms with Gasteiger partial charge in [0.2, 0.25) is 5.91 Å². The van der Waals surface area contributed by atoms with Gasteiger partial charge < -0.3 is 20.8 Å². The average Bonchev–Trinajstić information content (AvgIpc) is 3.11. The molecule has 4 rings (SSSR count). The van der Waals surface area contributed by atoms with Crippen LogP contribution in [0.15, 0.2) is 47.3 Å². The number of aryl methyl sites for hydroxylation is 2. The predicted molar refractivity (Wildman–Crippen MR) is 123 cm³/mol. The summed E-state index contributed by atoms with van der Waals surface area (Å²) in [5.74, 6) is 0.528. The SMILES string of the molecule is CCOc1ccc(Nc2ccc(C(N)=O)cc2)cc1-c1nc2c(CC)nn(C)c2c(=O)[nH]1. The number of H-pyrrole nitrogens is 1. The molecule has 0 aliphatic heterocycles. The molecule has 32 heavy (non-hydrogen) atoms. The minimum Gasteiger partial charge on any atom is -0.493 e. The number of aromatic nitrogens is 4. The molecule has 2 aromatic carbocycles. The number of amides is 1. The lowest BCUT2D eigenvalue weighted by molar-refractivity contribution is 0.100. The van der Waals surface area contributed by atoms with Gasteiger partial charge in [-0.25, -0.2) is 4.98 Å². The summed E-state index contributed by atoms with van der Waals surface area (Å²) in [5.41, 5.74) is 9.45. The van der Waals surface area contributed by atoms with Crippen molar-refractivity contribution in [1.29, 1.82) is 0 Å². The van der Waals surface area contributed by atoms with Gasteiger partial charge in [-0.05, 0) is 55.8 Å². The number of hydrogen-bond acceptors (Lipinski definition) is 6. The molecule has 0 aliphatic rings. The molecule has 0 saturated carbocycles. The summed E-state index contributed by atoms with van der Waals surface area (Å²) in [6.45, 7) is 4.34. The third-order valence-corrected chi connectivity index (χ3v) is 5.09. The second-order valence-electron chi connectivity index (χ2n) is 7.25. The number of fused-ring (bicyclic) bond motifs is 1. The zero-order valence-corrected chi connectivity index (χ0v) is 18.1. The Morgan fingerprint density at radius 1 is 1.16 bits per heavy atom. The number of rotatable bonds is 7. The number of primary amides is 1. The van der Waals surface area contributed by atoms with E-state index < -0.39 is 5.91 Å². The Balaban J connectivity index is 1.79. The van der Waals surface area contributed by atoms with Gasteiger partial charge in [0.05, 0.1) is 17.9 Å². The van der Waals surface area contributed by atoms with Gasteiger partial charge in [0.25, 0.3) is 5.56 Å². The minimum atomic E-state index is -0.479. The third-order valence-electron chi connectivity index (χ3n) is 5.09. The molecule has 0 radical (unpaired) electrons. The van der Waals surface area contributed by atoms with Crippen LogP contribution >= 0.6 is 0 Å². The number of hydrogen-bond donors (Lipinski definition) is 3. The first-order valence-electron chi connectivity index (χ1n) is 10.3. The molecule has 2 heterocycles. The molecule has 0 spiro atoms. The molecule has 1 amide bonds. The normalized spacial score (nSPS) is 11.0. The summed E-state index contributed by atoms with van der Waals surface area (Å²) in [5, 5.41) is 7.70. The molecule has 0 unspecified atom stereocenters. The number of ether oxygens (including phenoxy) is 1. The van der Waals surface area contributed by atoms with E-state index in [9.17, 15) is 9.59 Å². The molecule has 0 atom stereocenters. The molecule has 9 nitrogen and oxygen atoms in total. The molecule has 164 valence electrons. The van der Waals surface area contributed by atoms with Crippen molar-refractivity contribution in [2.45, 2.75) is 20.3 Å². The fourth-order valence-corrected chi connectivity index (χ4v) is 3.57. The number of nitrogens with zero attached hydrogens (tertiary/aromatic N) is 3. The summed E-state index contributed by atoms with van der Waals surface area (Å²) in [6, 6.07) is 12.4. The standard InChI is InChI=1S/C23H24N6O3/c1-4-17-19-20(29(3)28-17)23(31)27-22(26-19)16-12-15(10-11-18(16)32-5-2)25-14-8-6-13(7-9-14)21(24)30/h6-12,25H,4-5H2,1-3H3,(H2,24,30)(H,26,27,31). The van der Waals surface area contributed by atoms with Crippen molar-refractivity contribution in [3.8, 4) is 17.1 Å². The van der Waals surface area contributed by atoms with Crippen LogP contribution in [0.5, 0.6) is 5.75 Å². The van der Waals surface area contributed by atoms with Crippen LogP contribution in [-0.2, 0) is 13.5 Å². The molecule has 0 saturated heterocycles. The number of carbonyl (C=O) groups excluding carboxylic acids is 1. The van der Waals surface area contributed by atoms with E-state index >= 15 is 0 Å². The minimum absolute atomic E-state index is 0.262. The van der Waals surface area contributed by atoms with Gasteiger partial charge in [0.1, 0.15) is 17.1 Å². The van der Waals surface area contributed by atoms with Crippen LogP contribution in [0.3, 0.4) is 0 Å². The molecule has 9 heteroatoms. The maximum atomic E-state index is 12.8. The quantitative estimate of drug-likeness (QED) is 0.412. The molecule has 0 bridgehead atoms. The van der Waals surface area contributed by atoms with Crippen LogP contribution in [0, 0.1) is 0 Å². The summed E-state index contributed by atoms with van der Waals surface area (Å²) < 4.78 is 7.35. The Kier molecular flexibility index (Phi) is 5.63. The third kappa shape index (κ3) is 3.92. The maximum Gasteiger partial charge on any atom is 0.277 e. The van der Waals surface area contributed by atoms with Crippen LogP contribution in [0.4, 0.5) is 11.4 Å². The zero-order chi connectivity index (χ0) is 22.8. The number of anilines is 2. The summed E-state index contributed by atoms with van der Waals surface area (Å²) in [4.78, 5) is 31.7. The number of benzene rings is 2. The summed E-state index contributed by atoms with van der Waals surface area (Å²) in [7, 11) is 1.73. The highest BCUT2D eigenvalue weighted by molar-refractivity contribution is 5.93. The van der Waals surface area contributed by atoms with Gasteiger partial charge in [-0.1, -0.05) is 6.92 Å². The highest BCUT2D eigenvalue weighted by Crippen LogP contribution is 2.32. The molecular weight excluding hydrogens is 408 g/mol. The van der Waals surface area contributed by atoms with Crippen LogP contribution in [-0.4, -0.2) is 32.3 Å². The molecule has 0 fully saturated rings. The number of nitrogens with two attached hydrogens (primary N) is 1. The lowest BCUT2D eigenvalue weighted by atomic mass is 10.1. The monoisotopic (exact) mass is 432 g/mol. The maximum absolute atomic E-state index is 12.8. The Morgan fingerprint density at radius 2 is 1.88 bits per heavy atom. The van der Waals surface area contributed by atoms with Gasteiger partial charge in [0.15, 0.2) is 5.52 Å². The van der Waals surface area contributed by atoms with E-state index in [-0.39, 0.29) is 5.56 Å². The molecule has 2 aromatic heterocycles. The molecular formula is C23H24N6O3. The average molecular weight is 432 g/mol.